The topological polar surface area (TPSA) is 64.9 Å². The number of hydrogen-bond donors (Lipinski definition) is 1. The van der Waals surface area contributed by atoms with Crippen LogP contribution in [0.5, 0.6) is 0 Å². The van der Waals surface area contributed by atoms with Gasteiger partial charge >= 0.3 is 0 Å². The Morgan fingerprint density at radius 2 is 2.27 bits per heavy atom. The van der Waals surface area contributed by atoms with Crippen LogP contribution in [0.15, 0.2) is 33.3 Å². The maximum Gasteiger partial charge on any atom is 0.258 e. The first-order valence-corrected chi connectivity index (χ1v) is 5.31. The molecule has 0 spiro atoms. The van der Waals surface area contributed by atoms with Crippen LogP contribution >= 0.6 is 15.9 Å². The molecule has 0 saturated carbocycles. The third-order valence-corrected chi connectivity index (χ3v) is 2.41. The van der Waals surface area contributed by atoms with Gasteiger partial charge in [-0.15, -0.1) is 0 Å². The van der Waals surface area contributed by atoms with Gasteiger partial charge in [-0.2, -0.15) is 4.98 Å². The Hall–Kier alpha value is -1.20. The van der Waals surface area contributed by atoms with Gasteiger partial charge in [-0.3, -0.25) is 0 Å². The van der Waals surface area contributed by atoms with E-state index in [0.29, 0.717) is 11.7 Å². The third-order valence-electron chi connectivity index (χ3n) is 1.92. The van der Waals surface area contributed by atoms with Crippen molar-refractivity contribution in [2.45, 2.75) is 13.0 Å². The molecular formula is C10H10BrN3O. The van der Waals surface area contributed by atoms with Crippen molar-refractivity contribution >= 4 is 15.9 Å². The van der Waals surface area contributed by atoms with Crippen LogP contribution < -0.4 is 5.73 Å². The van der Waals surface area contributed by atoms with Gasteiger partial charge in [0.25, 0.3) is 5.89 Å². The van der Waals surface area contributed by atoms with Crippen LogP contribution in [-0.4, -0.2) is 10.1 Å². The Morgan fingerprint density at radius 1 is 1.47 bits per heavy atom. The molecule has 2 N–H and O–H groups in total. The van der Waals surface area contributed by atoms with E-state index in [2.05, 4.69) is 26.1 Å². The standard InChI is InChI=1S/C10H10BrN3O/c1-6(12)9-13-10(15-14-9)7-3-2-4-8(11)5-7/h2-6H,12H2,1H3. The van der Waals surface area contributed by atoms with E-state index < -0.39 is 0 Å². The molecule has 0 fully saturated rings. The summed E-state index contributed by atoms with van der Waals surface area (Å²) in [5.41, 5.74) is 6.52. The second-order valence-electron chi connectivity index (χ2n) is 3.26. The zero-order valence-electron chi connectivity index (χ0n) is 8.14. The number of hydrogen-bond acceptors (Lipinski definition) is 4. The number of nitrogens with two attached hydrogens (primary N) is 1. The molecule has 1 unspecified atom stereocenters. The third kappa shape index (κ3) is 2.24. The number of rotatable bonds is 2. The van der Waals surface area contributed by atoms with Gasteiger partial charge in [0, 0.05) is 10.0 Å². The summed E-state index contributed by atoms with van der Waals surface area (Å²) in [4.78, 5) is 4.20. The van der Waals surface area contributed by atoms with Gasteiger partial charge in [0.2, 0.25) is 0 Å². The highest BCUT2D eigenvalue weighted by atomic mass is 79.9. The minimum absolute atomic E-state index is 0.213. The van der Waals surface area contributed by atoms with Crippen LogP contribution in [0.1, 0.15) is 18.8 Å². The fourth-order valence-electron chi connectivity index (χ4n) is 1.16. The van der Waals surface area contributed by atoms with Crippen molar-refractivity contribution in [1.82, 2.24) is 10.1 Å². The fourth-order valence-corrected chi connectivity index (χ4v) is 1.56. The lowest BCUT2D eigenvalue weighted by molar-refractivity contribution is 0.418. The normalized spacial score (nSPS) is 12.7. The van der Waals surface area contributed by atoms with E-state index in [4.69, 9.17) is 10.3 Å². The first-order valence-electron chi connectivity index (χ1n) is 4.52. The summed E-state index contributed by atoms with van der Waals surface area (Å²) < 4.78 is 6.08. The average molecular weight is 268 g/mol. The first-order chi connectivity index (χ1) is 7.16. The maximum absolute atomic E-state index is 5.64. The van der Waals surface area contributed by atoms with E-state index in [0.717, 1.165) is 10.0 Å². The van der Waals surface area contributed by atoms with Crippen LogP contribution in [-0.2, 0) is 0 Å². The van der Waals surface area contributed by atoms with E-state index in [1.165, 1.54) is 0 Å². The van der Waals surface area contributed by atoms with Crippen molar-refractivity contribution < 1.29 is 4.52 Å². The highest BCUT2D eigenvalue weighted by molar-refractivity contribution is 9.10. The van der Waals surface area contributed by atoms with Gasteiger partial charge in [-0.1, -0.05) is 27.2 Å². The molecule has 0 radical (unpaired) electrons. The van der Waals surface area contributed by atoms with Crippen molar-refractivity contribution in [2.75, 3.05) is 0 Å². The minimum atomic E-state index is -0.213. The predicted octanol–water partition coefficient (Wildman–Crippen LogP) is 2.52. The second-order valence-corrected chi connectivity index (χ2v) is 4.17. The Balaban J connectivity index is 2.37. The molecule has 1 aromatic carbocycles. The molecule has 0 saturated heterocycles. The summed E-state index contributed by atoms with van der Waals surface area (Å²) in [6, 6.07) is 7.46. The summed E-state index contributed by atoms with van der Waals surface area (Å²) in [6.07, 6.45) is 0. The van der Waals surface area contributed by atoms with Crippen LogP contribution in [0.4, 0.5) is 0 Å². The Kier molecular flexibility index (Phi) is 2.83. The van der Waals surface area contributed by atoms with Crippen molar-refractivity contribution in [3.05, 3.63) is 34.6 Å². The van der Waals surface area contributed by atoms with Crippen molar-refractivity contribution in [1.29, 1.82) is 0 Å². The zero-order valence-corrected chi connectivity index (χ0v) is 9.73. The zero-order chi connectivity index (χ0) is 10.8. The molecule has 4 nitrogen and oxygen atoms in total. The van der Waals surface area contributed by atoms with E-state index in [1.54, 1.807) is 0 Å². The van der Waals surface area contributed by atoms with Gasteiger partial charge in [-0.05, 0) is 25.1 Å². The molecule has 0 bridgehead atoms. The molecule has 1 atom stereocenters. The van der Waals surface area contributed by atoms with Gasteiger partial charge < -0.3 is 10.3 Å². The minimum Gasteiger partial charge on any atom is -0.334 e. The largest absolute Gasteiger partial charge is 0.334 e. The smallest absolute Gasteiger partial charge is 0.258 e. The summed E-state index contributed by atoms with van der Waals surface area (Å²) in [6.45, 7) is 1.82. The molecule has 15 heavy (non-hydrogen) atoms. The lowest BCUT2D eigenvalue weighted by atomic mass is 10.2. The second kappa shape index (κ2) is 4.12. The van der Waals surface area contributed by atoms with E-state index >= 15 is 0 Å². The van der Waals surface area contributed by atoms with Crippen LogP contribution in [0.25, 0.3) is 11.5 Å². The molecular weight excluding hydrogens is 258 g/mol. The molecule has 0 aliphatic carbocycles. The van der Waals surface area contributed by atoms with Crippen LogP contribution in [0.3, 0.4) is 0 Å². The van der Waals surface area contributed by atoms with Gasteiger partial charge in [0.05, 0.1) is 6.04 Å². The van der Waals surface area contributed by atoms with Crippen molar-refractivity contribution in [3.8, 4) is 11.5 Å². The lowest BCUT2D eigenvalue weighted by Gasteiger charge is -1.95. The number of benzene rings is 1. The van der Waals surface area contributed by atoms with Gasteiger partial charge in [0.15, 0.2) is 5.82 Å². The highest BCUT2D eigenvalue weighted by Gasteiger charge is 2.11. The summed E-state index contributed by atoms with van der Waals surface area (Å²) in [5.74, 6) is 1.01. The van der Waals surface area contributed by atoms with Gasteiger partial charge in [-0.25, -0.2) is 0 Å². The Labute approximate surface area is 95.6 Å². The molecule has 2 aromatic rings. The Morgan fingerprint density at radius 3 is 2.87 bits per heavy atom. The van der Waals surface area contributed by atoms with Crippen molar-refractivity contribution in [2.24, 2.45) is 5.73 Å². The molecule has 0 aliphatic heterocycles. The highest BCUT2D eigenvalue weighted by Crippen LogP contribution is 2.22. The summed E-state index contributed by atoms with van der Waals surface area (Å²) in [7, 11) is 0. The molecule has 5 heteroatoms. The fraction of sp³-hybridized carbons (Fsp3) is 0.200. The quantitative estimate of drug-likeness (QED) is 0.908. The number of nitrogens with zero attached hydrogens (tertiary/aromatic N) is 2. The van der Waals surface area contributed by atoms with Crippen molar-refractivity contribution in [3.63, 3.8) is 0 Å². The lowest BCUT2D eigenvalue weighted by Crippen LogP contribution is -2.06. The first kappa shape index (κ1) is 10.3. The monoisotopic (exact) mass is 267 g/mol. The summed E-state index contributed by atoms with van der Waals surface area (Å²) >= 11 is 3.38. The maximum atomic E-state index is 5.64. The van der Waals surface area contributed by atoms with Crippen LogP contribution in [0, 0.1) is 0 Å². The van der Waals surface area contributed by atoms with Crippen LogP contribution in [0.2, 0.25) is 0 Å². The summed E-state index contributed by atoms with van der Waals surface area (Å²) in [5, 5.41) is 3.80. The van der Waals surface area contributed by atoms with E-state index in [9.17, 15) is 0 Å². The molecule has 0 aliphatic rings. The molecule has 2 rings (SSSR count). The SMILES string of the molecule is CC(N)c1noc(-c2cccc(Br)c2)n1. The average Bonchev–Trinajstić information content (AvgIpc) is 2.66. The molecule has 1 heterocycles. The number of aromatic nitrogens is 2. The molecule has 0 amide bonds. The van der Waals surface area contributed by atoms with Gasteiger partial charge in [0.1, 0.15) is 0 Å². The van der Waals surface area contributed by atoms with E-state index in [1.807, 2.05) is 31.2 Å². The predicted molar refractivity (Wildman–Crippen MR) is 60.0 cm³/mol. The Bertz CT molecular complexity index is 467. The number of halogens is 1. The van der Waals surface area contributed by atoms with E-state index in [-0.39, 0.29) is 6.04 Å². The molecule has 1 aromatic heterocycles. The molecule has 78 valence electrons.